The Bertz CT molecular complexity index is 1090. The number of carbonyl (C=O) groups excluding carboxylic acids is 6. The van der Waals surface area contributed by atoms with Gasteiger partial charge in [-0.1, -0.05) is 53.7 Å². The maximum atomic E-state index is 12.6. The third-order valence-corrected chi connectivity index (χ3v) is 6.35. The molecule has 0 saturated carbocycles. The maximum absolute atomic E-state index is 12.6. The first-order chi connectivity index (χ1) is 19.6. The van der Waals surface area contributed by atoms with Gasteiger partial charge in [0.05, 0.1) is 13.1 Å². The van der Waals surface area contributed by atoms with Gasteiger partial charge in [0, 0.05) is 19.2 Å². The maximum Gasteiger partial charge on any atom is 0.410 e. The zero-order valence-corrected chi connectivity index (χ0v) is 26.0. The van der Waals surface area contributed by atoms with Crippen molar-refractivity contribution in [2.75, 3.05) is 25.5 Å². The van der Waals surface area contributed by atoms with E-state index in [2.05, 4.69) is 21.3 Å². The molecule has 1 aromatic carbocycles. The summed E-state index contributed by atoms with van der Waals surface area (Å²) in [6.07, 6.45) is 0.355. The van der Waals surface area contributed by atoms with Crippen LogP contribution in [-0.2, 0) is 35.3 Å². The number of hydrogen-bond acceptors (Lipinski definition) is 7. The van der Waals surface area contributed by atoms with Crippen LogP contribution in [0.2, 0.25) is 0 Å². The lowest BCUT2D eigenvalue weighted by molar-refractivity contribution is -0.130. The highest BCUT2D eigenvalue weighted by molar-refractivity contribution is 5.96. The lowest BCUT2D eigenvalue weighted by Crippen LogP contribution is -2.51. The van der Waals surface area contributed by atoms with Crippen molar-refractivity contribution >= 4 is 41.2 Å². The van der Waals surface area contributed by atoms with Crippen LogP contribution in [0.3, 0.4) is 0 Å². The molecule has 0 aliphatic carbocycles. The van der Waals surface area contributed by atoms with Crippen LogP contribution in [-0.4, -0.2) is 72.6 Å². The van der Waals surface area contributed by atoms with Gasteiger partial charge < -0.3 is 26.0 Å². The quantitative estimate of drug-likeness (QED) is 0.230. The van der Waals surface area contributed by atoms with Crippen LogP contribution in [0.4, 0.5) is 10.5 Å². The van der Waals surface area contributed by atoms with Crippen molar-refractivity contribution in [3.63, 3.8) is 0 Å². The van der Waals surface area contributed by atoms with Crippen molar-refractivity contribution in [3.8, 4) is 0 Å². The van der Waals surface area contributed by atoms with Crippen LogP contribution in [0.25, 0.3) is 0 Å². The standard InChI is InChI=1S/C30H47N5O7/c1-18(2)9-14-24(37)34-26(19(3)4)28(39)32-16-25(38)33-23-12-10-22(11-13-23)17-42-30(41)35(8)27(20(5)6)29(40)31-15-21(7)36/h10-13,18-20,26-27H,9,14-17H2,1-8H3,(H,31,40)(H,32,39)(H,33,38)(H,34,37). The highest BCUT2D eigenvalue weighted by Gasteiger charge is 2.31. The number of likely N-dealkylation sites (N-methyl/N-ethyl adjacent to an activating group) is 1. The van der Waals surface area contributed by atoms with Crippen molar-refractivity contribution in [3.05, 3.63) is 29.8 Å². The molecule has 0 spiro atoms. The summed E-state index contributed by atoms with van der Waals surface area (Å²) in [7, 11) is 1.46. The summed E-state index contributed by atoms with van der Waals surface area (Å²) in [6.45, 7) is 12.2. The van der Waals surface area contributed by atoms with Gasteiger partial charge in [0.25, 0.3) is 0 Å². The molecule has 2 atom stereocenters. The first kappa shape index (κ1) is 36.1. The Hall–Kier alpha value is -3.96. The molecule has 1 aromatic rings. The number of hydrogen-bond donors (Lipinski definition) is 4. The zero-order valence-electron chi connectivity index (χ0n) is 26.0. The molecule has 12 nitrogen and oxygen atoms in total. The summed E-state index contributed by atoms with van der Waals surface area (Å²) in [5, 5.41) is 10.5. The number of ether oxygens (including phenoxy) is 1. The van der Waals surface area contributed by atoms with E-state index in [1.807, 2.05) is 27.7 Å². The summed E-state index contributed by atoms with van der Waals surface area (Å²) < 4.78 is 5.35. The monoisotopic (exact) mass is 589 g/mol. The number of amides is 5. The minimum Gasteiger partial charge on any atom is -0.445 e. The molecule has 0 saturated heterocycles. The van der Waals surface area contributed by atoms with E-state index in [1.54, 1.807) is 38.1 Å². The number of benzene rings is 1. The minimum atomic E-state index is -0.813. The van der Waals surface area contributed by atoms with Crippen molar-refractivity contribution in [2.24, 2.45) is 17.8 Å². The number of carbonyl (C=O) groups is 6. The fraction of sp³-hybridized carbons (Fsp3) is 0.600. The van der Waals surface area contributed by atoms with E-state index < -0.39 is 35.9 Å². The largest absolute Gasteiger partial charge is 0.445 e. The van der Waals surface area contributed by atoms with E-state index in [4.69, 9.17) is 4.74 Å². The molecular weight excluding hydrogens is 542 g/mol. The highest BCUT2D eigenvalue weighted by atomic mass is 16.6. The number of rotatable bonds is 16. The van der Waals surface area contributed by atoms with Gasteiger partial charge in [-0.2, -0.15) is 0 Å². The lowest BCUT2D eigenvalue weighted by atomic mass is 10.0. The van der Waals surface area contributed by atoms with E-state index >= 15 is 0 Å². The topological polar surface area (TPSA) is 163 Å². The van der Waals surface area contributed by atoms with Crippen molar-refractivity contribution in [2.45, 2.75) is 80.0 Å². The van der Waals surface area contributed by atoms with Gasteiger partial charge in [-0.3, -0.25) is 28.9 Å². The summed E-state index contributed by atoms with van der Waals surface area (Å²) in [5.41, 5.74) is 1.13. The molecular formula is C30H47N5O7. The van der Waals surface area contributed by atoms with Crippen LogP contribution in [0.1, 0.15) is 66.9 Å². The van der Waals surface area contributed by atoms with E-state index in [9.17, 15) is 28.8 Å². The van der Waals surface area contributed by atoms with E-state index in [-0.39, 0.29) is 43.2 Å². The number of anilines is 1. The fourth-order valence-corrected chi connectivity index (χ4v) is 3.97. The highest BCUT2D eigenvalue weighted by Crippen LogP contribution is 2.14. The molecule has 0 aliphatic rings. The van der Waals surface area contributed by atoms with Crippen molar-refractivity contribution in [1.29, 1.82) is 0 Å². The Morgan fingerprint density at radius 1 is 0.810 bits per heavy atom. The third-order valence-electron chi connectivity index (χ3n) is 6.35. The van der Waals surface area contributed by atoms with Crippen LogP contribution in [0.5, 0.6) is 0 Å². The molecule has 0 aliphatic heterocycles. The van der Waals surface area contributed by atoms with Crippen LogP contribution in [0.15, 0.2) is 24.3 Å². The minimum absolute atomic E-state index is 0.0627. The molecule has 234 valence electrons. The predicted octanol–water partition coefficient (Wildman–Crippen LogP) is 2.62. The number of ketones is 1. The van der Waals surface area contributed by atoms with Crippen LogP contribution in [0, 0.1) is 17.8 Å². The molecule has 2 unspecified atom stereocenters. The van der Waals surface area contributed by atoms with E-state index in [0.717, 1.165) is 6.42 Å². The molecule has 0 bridgehead atoms. The molecule has 0 radical (unpaired) electrons. The van der Waals surface area contributed by atoms with Gasteiger partial charge in [-0.25, -0.2) is 4.79 Å². The second kappa shape index (κ2) is 17.8. The van der Waals surface area contributed by atoms with Crippen LogP contribution < -0.4 is 21.3 Å². The average molecular weight is 590 g/mol. The first-order valence-corrected chi connectivity index (χ1v) is 14.2. The van der Waals surface area contributed by atoms with Gasteiger partial charge in [-0.15, -0.1) is 0 Å². The Morgan fingerprint density at radius 3 is 1.93 bits per heavy atom. The summed E-state index contributed by atoms with van der Waals surface area (Å²) in [5.74, 6) is -1.71. The lowest BCUT2D eigenvalue weighted by Gasteiger charge is -2.29. The molecule has 0 aromatic heterocycles. The smallest absolute Gasteiger partial charge is 0.410 e. The Morgan fingerprint density at radius 2 is 1.40 bits per heavy atom. The van der Waals surface area contributed by atoms with Crippen molar-refractivity contribution < 1.29 is 33.5 Å². The first-order valence-electron chi connectivity index (χ1n) is 14.2. The molecule has 5 amide bonds. The molecule has 0 fully saturated rings. The second-order valence-corrected chi connectivity index (χ2v) is 11.5. The third kappa shape index (κ3) is 13.1. The molecule has 4 N–H and O–H groups in total. The second-order valence-electron chi connectivity index (χ2n) is 11.5. The molecule has 42 heavy (non-hydrogen) atoms. The van der Waals surface area contributed by atoms with Gasteiger partial charge in [0.15, 0.2) is 0 Å². The normalized spacial score (nSPS) is 12.4. The SMILES string of the molecule is CC(=O)CNC(=O)C(C(C)C)N(C)C(=O)OCc1ccc(NC(=O)CNC(=O)C(NC(=O)CCC(C)C)C(C)C)cc1. The summed E-state index contributed by atoms with van der Waals surface area (Å²) in [6, 6.07) is 5.04. The Kier molecular flexibility index (Phi) is 15.3. The summed E-state index contributed by atoms with van der Waals surface area (Å²) >= 11 is 0. The fourth-order valence-electron chi connectivity index (χ4n) is 3.97. The van der Waals surface area contributed by atoms with E-state index in [1.165, 1.54) is 18.9 Å². The molecule has 1 rings (SSSR count). The van der Waals surface area contributed by atoms with Gasteiger partial charge in [-0.05, 0) is 48.8 Å². The van der Waals surface area contributed by atoms with Gasteiger partial charge in [0.2, 0.25) is 23.6 Å². The van der Waals surface area contributed by atoms with Crippen LogP contribution >= 0.6 is 0 Å². The summed E-state index contributed by atoms with van der Waals surface area (Å²) in [4.78, 5) is 74.7. The van der Waals surface area contributed by atoms with Gasteiger partial charge >= 0.3 is 6.09 Å². The van der Waals surface area contributed by atoms with Crippen molar-refractivity contribution in [1.82, 2.24) is 20.9 Å². The predicted molar refractivity (Wildman–Crippen MR) is 159 cm³/mol. The number of nitrogens with one attached hydrogen (secondary N) is 4. The average Bonchev–Trinajstić information content (AvgIpc) is 2.91. The Labute approximate surface area is 248 Å². The zero-order chi connectivity index (χ0) is 32.0. The Balaban J connectivity index is 2.60. The molecule has 12 heteroatoms. The number of Topliss-reactive ketones (excluding diaryl/α,β-unsaturated/α-hetero) is 1. The van der Waals surface area contributed by atoms with E-state index in [0.29, 0.717) is 23.6 Å². The van der Waals surface area contributed by atoms with Gasteiger partial charge in [0.1, 0.15) is 24.5 Å². The molecule has 0 heterocycles. The number of nitrogens with zero attached hydrogens (tertiary/aromatic N) is 1.